The Balaban J connectivity index is 2.91. The molecule has 0 aliphatic heterocycles. The maximum atomic E-state index is 8.78. The van der Waals surface area contributed by atoms with Gasteiger partial charge in [-0.1, -0.05) is 18.2 Å². The summed E-state index contributed by atoms with van der Waals surface area (Å²) in [5.41, 5.74) is 1.14. The van der Waals surface area contributed by atoms with Gasteiger partial charge in [0, 0.05) is 17.2 Å². The quantitative estimate of drug-likeness (QED) is 0.662. The molecule has 0 saturated carbocycles. The van der Waals surface area contributed by atoms with Crippen molar-refractivity contribution < 1.29 is 4.42 Å². The fourth-order valence-electron chi connectivity index (χ4n) is 1.21. The molecule has 0 spiro atoms. The molecule has 0 saturated heterocycles. The number of halogens is 1. The first-order valence-corrected chi connectivity index (χ1v) is 4.27. The van der Waals surface area contributed by atoms with E-state index in [0.717, 1.165) is 5.39 Å². The molecule has 0 radical (unpaired) electrons. The molecule has 1 heterocycles. The zero-order valence-corrected chi connectivity index (χ0v) is 7.82. The minimum Gasteiger partial charge on any atom is -0.436 e. The lowest BCUT2D eigenvalue weighted by atomic mass is 10.2. The monoisotopic (exact) mass is 204 g/mol. The number of para-hydroxylation sites is 1. The van der Waals surface area contributed by atoms with E-state index in [4.69, 9.17) is 21.5 Å². The molecular weight excluding hydrogens is 200 g/mol. The Morgan fingerprint density at radius 1 is 1.36 bits per heavy atom. The smallest absolute Gasteiger partial charge is 0.249 e. The topological polar surface area (TPSA) is 49.3 Å². The van der Waals surface area contributed by atoms with Crippen LogP contribution in [0.4, 0.5) is 0 Å². The van der Waals surface area contributed by atoms with Crippen molar-refractivity contribution in [2.75, 3.05) is 0 Å². The van der Waals surface area contributed by atoms with Gasteiger partial charge in [-0.15, -0.1) is 4.51 Å². The van der Waals surface area contributed by atoms with Crippen LogP contribution in [0.1, 0.15) is 5.56 Å². The average molecular weight is 205 g/mol. The maximum Gasteiger partial charge on any atom is 0.249 e. The van der Waals surface area contributed by atoms with Gasteiger partial charge in [0.15, 0.2) is 0 Å². The average Bonchev–Trinajstić information content (AvgIpc) is 2.27. The Kier molecular flexibility index (Phi) is 2.21. The minimum atomic E-state index is 0.146. The standard InChI is InChI=1S/C10H5ClN2O/c11-13-10-8(6-12)5-7-3-1-2-4-9(7)14-10/h1-5H/b13-10+. The van der Waals surface area contributed by atoms with Gasteiger partial charge in [0.05, 0.1) is 0 Å². The Hall–Kier alpha value is -1.79. The molecule has 1 aromatic carbocycles. The summed E-state index contributed by atoms with van der Waals surface area (Å²) in [5, 5.41) is 9.64. The molecule has 4 heteroatoms. The molecule has 2 aromatic rings. The number of nitriles is 1. The second kappa shape index (κ2) is 3.52. The van der Waals surface area contributed by atoms with Gasteiger partial charge in [-0.25, -0.2) is 0 Å². The fraction of sp³-hybridized carbons (Fsp3) is 0. The third kappa shape index (κ3) is 1.36. The van der Waals surface area contributed by atoms with E-state index in [1.807, 2.05) is 24.3 Å². The van der Waals surface area contributed by atoms with Gasteiger partial charge in [0.1, 0.15) is 17.2 Å². The van der Waals surface area contributed by atoms with Crippen molar-refractivity contribution in [3.05, 3.63) is 41.4 Å². The van der Waals surface area contributed by atoms with E-state index in [1.54, 1.807) is 12.1 Å². The van der Waals surface area contributed by atoms with Crippen molar-refractivity contribution in [3.8, 4) is 6.07 Å². The highest BCUT2D eigenvalue weighted by molar-refractivity contribution is 6.14. The van der Waals surface area contributed by atoms with Gasteiger partial charge in [0.2, 0.25) is 5.55 Å². The summed E-state index contributed by atoms with van der Waals surface area (Å²) >= 11 is 5.29. The fourth-order valence-corrected chi connectivity index (χ4v) is 1.34. The van der Waals surface area contributed by atoms with E-state index in [-0.39, 0.29) is 5.55 Å². The van der Waals surface area contributed by atoms with E-state index < -0.39 is 0 Å². The van der Waals surface area contributed by atoms with Crippen LogP contribution in [-0.2, 0) is 0 Å². The molecule has 68 valence electrons. The SMILES string of the molecule is N#Cc1cc2ccccc2o/c1=N/Cl. The lowest BCUT2D eigenvalue weighted by molar-refractivity contribution is 0.546. The highest BCUT2D eigenvalue weighted by atomic mass is 35.5. The lowest BCUT2D eigenvalue weighted by Crippen LogP contribution is -2.04. The van der Waals surface area contributed by atoms with Crippen LogP contribution in [0.25, 0.3) is 11.0 Å². The molecule has 0 amide bonds. The third-order valence-electron chi connectivity index (χ3n) is 1.85. The number of hydrogen-bond donors (Lipinski definition) is 0. The third-order valence-corrected chi connectivity index (χ3v) is 2.01. The van der Waals surface area contributed by atoms with Crippen molar-refractivity contribution in [2.24, 2.45) is 4.51 Å². The minimum absolute atomic E-state index is 0.146. The molecule has 0 N–H and O–H groups in total. The number of nitrogens with zero attached hydrogens (tertiary/aromatic N) is 2. The normalized spacial score (nSPS) is 11.6. The Bertz CT molecular complexity index is 580. The number of fused-ring (bicyclic) bond motifs is 1. The molecule has 0 aliphatic rings. The maximum absolute atomic E-state index is 8.78. The van der Waals surface area contributed by atoms with E-state index in [2.05, 4.69) is 4.51 Å². The first-order chi connectivity index (χ1) is 6.85. The van der Waals surface area contributed by atoms with E-state index in [9.17, 15) is 0 Å². The summed E-state index contributed by atoms with van der Waals surface area (Å²) in [6, 6.07) is 11.0. The molecule has 3 nitrogen and oxygen atoms in total. The van der Waals surface area contributed by atoms with Crippen LogP contribution >= 0.6 is 11.8 Å². The van der Waals surface area contributed by atoms with Crippen LogP contribution in [0, 0.1) is 11.3 Å². The molecule has 0 atom stereocenters. The first-order valence-electron chi connectivity index (χ1n) is 3.93. The van der Waals surface area contributed by atoms with Crippen molar-refractivity contribution in [1.82, 2.24) is 0 Å². The van der Waals surface area contributed by atoms with E-state index >= 15 is 0 Å². The number of hydrogen-bond acceptors (Lipinski definition) is 3. The predicted octanol–water partition coefficient (Wildman–Crippen LogP) is 2.36. The summed E-state index contributed by atoms with van der Waals surface area (Å²) in [7, 11) is 0. The van der Waals surface area contributed by atoms with Gasteiger partial charge >= 0.3 is 0 Å². The summed E-state index contributed by atoms with van der Waals surface area (Å²) in [6.45, 7) is 0. The zero-order chi connectivity index (χ0) is 9.97. The van der Waals surface area contributed by atoms with Crippen LogP contribution in [-0.4, -0.2) is 0 Å². The highest BCUT2D eigenvalue weighted by Gasteiger charge is 2.01. The Morgan fingerprint density at radius 2 is 2.14 bits per heavy atom. The number of rotatable bonds is 0. The molecular formula is C10H5ClN2O. The predicted molar refractivity (Wildman–Crippen MR) is 52.3 cm³/mol. The summed E-state index contributed by atoms with van der Waals surface area (Å²) < 4.78 is 8.69. The molecule has 0 aliphatic carbocycles. The molecule has 0 unspecified atom stereocenters. The zero-order valence-electron chi connectivity index (χ0n) is 7.07. The van der Waals surface area contributed by atoms with Crippen LogP contribution < -0.4 is 5.55 Å². The van der Waals surface area contributed by atoms with Gasteiger partial charge in [-0.05, 0) is 12.1 Å². The number of benzene rings is 1. The van der Waals surface area contributed by atoms with Crippen molar-refractivity contribution >= 4 is 22.7 Å². The lowest BCUT2D eigenvalue weighted by Gasteiger charge is -1.96. The van der Waals surface area contributed by atoms with Crippen molar-refractivity contribution in [1.29, 1.82) is 5.26 Å². The molecule has 0 bridgehead atoms. The van der Waals surface area contributed by atoms with Crippen molar-refractivity contribution in [3.63, 3.8) is 0 Å². The highest BCUT2D eigenvalue weighted by Crippen LogP contribution is 2.12. The van der Waals surface area contributed by atoms with Gasteiger partial charge in [-0.3, -0.25) is 0 Å². The van der Waals surface area contributed by atoms with E-state index in [0.29, 0.717) is 11.1 Å². The van der Waals surface area contributed by atoms with Crippen molar-refractivity contribution in [2.45, 2.75) is 0 Å². The van der Waals surface area contributed by atoms with Crippen LogP contribution in [0.5, 0.6) is 0 Å². The molecule has 0 fully saturated rings. The van der Waals surface area contributed by atoms with Crippen LogP contribution in [0.15, 0.2) is 39.3 Å². The van der Waals surface area contributed by atoms with Gasteiger partial charge in [-0.2, -0.15) is 5.26 Å². The summed E-state index contributed by atoms with van der Waals surface area (Å²) in [4.78, 5) is 0. The molecule has 14 heavy (non-hydrogen) atoms. The van der Waals surface area contributed by atoms with Crippen LogP contribution in [0.2, 0.25) is 0 Å². The van der Waals surface area contributed by atoms with Crippen LogP contribution in [0.3, 0.4) is 0 Å². The summed E-state index contributed by atoms with van der Waals surface area (Å²) in [6.07, 6.45) is 0. The Labute approximate surface area is 85.0 Å². The summed E-state index contributed by atoms with van der Waals surface area (Å²) in [5.74, 6) is 0. The Morgan fingerprint density at radius 3 is 2.86 bits per heavy atom. The van der Waals surface area contributed by atoms with Gasteiger partial charge < -0.3 is 4.42 Å². The largest absolute Gasteiger partial charge is 0.436 e. The van der Waals surface area contributed by atoms with E-state index in [1.165, 1.54) is 0 Å². The second-order valence-corrected chi connectivity index (χ2v) is 2.87. The molecule has 1 aromatic heterocycles. The molecule has 2 rings (SSSR count). The first kappa shape index (κ1) is 8.79. The van der Waals surface area contributed by atoms with Gasteiger partial charge in [0.25, 0.3) is 0 Å². The second-order valence-electron chi connectivity index (χ2n) is 2.70.